The maximum atomic E-state index is 14.2. The number of ether oxygens (including phenoxy) is 12. The monoisotopic (exact) mass is 924 g/mol. The zero-order valence-electron chi connectivity index (χ0n) is 34.2. The van der Waals surface area contributed by atoms with Gasteiger partial charge in [0.05, 0.1) is 67.5 Å². The molecular weight excluding hydrogens is 863 g/mol. The molecule has 0 aliphatic carbocycles. The van der Waals surface area contributed by atoms with Gasteiger partial charge in [-0.2, -0.15) is 0 Å². The zero-order valence-corrected chi connectivity index (χ0v) is 36.4. The lowest BCUT2D eigenvalue weighted by Gasteiger charge is -2.51. The predicted octanol–water partition coefficient (Wildman–Crippen LogP) is 5.61. The molecule has 0 aromatic rings. The van der Waals surface area contributed by atoms with Crippen LogP contribution in [0.2, 0.25) is 0 Å². The van der Waals surface area contributed by atoms with Crippen LogP contribution in [0.3, 0.4) is 0 Å². The van der Waals surface area contributed by atoms with Crippen LogP contribution in [0, 0.1) is 17.8 Å². The third kappa shape index (κ3) is 6.41. The number of esters is 1. The van der Waals surface area contributed by atoms with Crippen molar-refractivity contribution in [2.75, 3.05) is 4.43 Å². The van der Waals surface area contributed by atoms with Gasteiger partial charge in [-0.25, -0.2) is 0 Å². The fraction of sp³-hybridized carbons (Fsp3) is 0.886. The molecule has 2 spiro atoms. The van der Waals surface area contributed by atoms with Crippen LogP contribution in [0.4, 0.5) is 0 Å². The molecule has 0 N–H and O–H groups in total. The topological polar surface area (TPSA) is 128 Å². The highest BCUT2D eigenvalue weighted by Crippen LogP contribution is 2.62. The van der Waals surface area contributed by atoms with Crippen molar-refractivity contribution in [2.45, 2.75) is 220 Å². The highest BCUT2D eigenvalue weighted by molar-refractivity contribution is 14.1. The molecule has 12 rings (SSSR count). The number of carbonyl (C=O) groups is 1. The summed E-state index contributed by atoms with van der Waals surface area (Å²) in [5.41, 5.74) is 2.19. The van der Waals surface area contributed by atoms with Gasteiger partial charge in [0.25, 0.3) is 0 Å². The van der Waals surface area contributed by atoms with Crippen molar-refractivity contribution in [3.05, 3.63) is 24.3 Å². The lowest BCUT2D eigenvalue weighted by molar-refractivity contribution is -0.327. The summed E-state index contributed by atoms with van der Waals surface area (Å²) in [6, 6.07) is 0. The summed E-state index contributed by atoms with van der Waals surface area (Å²) in [5.74, 6) is -2.04. The Kier molecular flexibility index (Phi) is 10.3. The average Bonchev–Trinajstić information content (AvgIpc) is 3.84. The van der Waals surface area contributed by atoms with E-state index < -0.39 is 66.7 Å². The Hall–Kier alpha value is -0.760. The summed E-state index contributed by atoms with van der Waals surface area (Å²) in [6.45, 7) is 17.5. The fourth-order valence-corrected chi connectivity index (χ4v) is 13.8. The van der Waals surface area contributed by atoms with E-state index in [-0.39, 0.29) is 79.2 Å². The first-order chi connectivity index (χ1) is 27.9. The van der Waals surface area contributed by atoms with Gasteiger partial charge >= 0.3 is 5.97 Å². The average molecular weight is 925 g/mol. The molecule has 0 aromatic carbocycles. The van der Waals surface area contributed by atoms with E-state index in [2.05, 4.69) is 56.5 Å². The first-order valence-corrected chi connectivity index (χ1v) is 23.9. The van der Waals surface area contributed by atoms with Crippen LogP contribution in [0.1, 0.15) is 98.3 Å². The van der Waals surface area contributed by atoms with Crippen molar-refractivity contribution in [2.24, 2.45) is 17.8 Å². The number of hydrogen-bond acceptors (Lipinski definition) is 13. The quantitative estimate of drug-likeness (QED) is 0.140. The molecule has 322 valence electrons. The maximum Gasteiger partial charge on any atom is 0.308 e. The van der Waals surface area contributed by atoms with Crippen LogP contribution in [0.25, 0.3) is 0 Å². The molecule has 13 nitrogen and oxygen atoms in total. The molecule has 12 aliphatic heterocycles. The molecule has 0 saturated carbocycles. The van der Waals surface area contributed by atoms with Gasteiger partial charge in [-0.15, -0.1) is 0 Å². The number of halogens is 1. The standard InChI is InChI=1S/C44H61IO13/c1-19-13-25-7-9-28-20(2)14-27(48-28)11-12-43-42-44(55-24(6)47-42)41(58-43)40-39(57-44)38(56-43)37-29(52-40)10-8-26(50-37)16-34(46)54-36-23(5)35-31(15-21(3)33(18-45)53-35)51-32(36)17-30(49-25)22(19)4/h19,21,23-33,35-42H,2,4,7-18H2,1,3,5-6H3/t19-,21-,23+,24+,25+,26-,27+,28+,29+,30?,31+,32+,33-,35+,36-,37+,38+,39?,40?,41+,42+,43-,44?/m1/s1. The van der Waals surface area contributed by atoms with E-state index in [1.807, 2.05) is 6.92 Å². The molecule has 0 aromatic heterocycles. The Bertz CT molecular complexity index is 1650. The maximum absolute atomic E-state index is 14.2. The molecule has 58 heavy (non-hydrogen) atoms. The number of hydrogen-bond donors (Lipinski definition) is 0. The Morgan fingerprint density at radius 1 is 0.655 bits per heavy atom. The fourth-order valence-electron chi connectivity index (χ4n) is 12.7. The van der Waals surface area contributed by atoms with Crippen molar-refractivity contribution >= 4 is 28.6 Å². The van der Waals surface area contributed by atoms with Crippen LogP contribution < -0.4 is 0 Å². The Morgan fingerprint density at radius 2 is 1.43 bits per heavy atom. The Morgan fingerprint density at radius 3 is 2.28 bits per heavy atom. The summed E-state index contributed by atoms with van der Waals surface area (Å²) in [4.78, 5) is 14.2. The van der Waals surface area contributed by atoms with E-state index in [0.29, 0.717) is 38.0 Å². The van der Waals surface area contributed by atoms with Crippen molar-refractivity contribution in [3.63, 3.8) is 0 Å². The van der Waals surface area contributed by atoms with Gasteiger partial charge in [0.15, 0.2) is 12.4 Å². The molecule has 0 radical (unpaired) electrons. The van der Waals surface area contributed by atoms with Gasteiger partial charge in [0.2, 0.25) is 11.6 Å². The molecule has 12 bridgehead atoms. The molecule has 23 atom stereocenters. The van der Waals surface area contributed by atoms with Crippen molar-refractivity contribution in [3.8, 4) is 0 Å². The van der Waals surface area contributed by atoms with Crippen LogP contribution in [0.15, 0.2) is 24.3 Å². The molecular formula is C44H61IO13. The molecule has 12 saturated heterocycles. The Balaban J connectivity index is 0.904. The van der Waals surface area contributed by atoms with Crippen molar-refractivity contribution in [1.82, 2.24) is 0 Å². The second kappa shape index (κ2) is 14.9. The molecule has 14 heteroatoms. The van der Waals surface area contributed by atoms with E-state index in [4.69, 9.17) is 56.8 Å². The summed E-state index contributed by atoms with van der Waals surface area (Å²) in [6.07, 6.45) is 1.97. The molecule has 12 fully saturated rings. The molecule has 4 unspecified atom stereocenters. The van der Waals surface area contributed by atoms with Crippen molar-refractivity contribution < 1.29 is 61.6 Å². The molecule has 0 amide bonds. The zero-order chi connectivity index (χ0) is 39.8. The minimum Gasteiger partial charge on any atom is -0.459 e. The third-order valence-corrected chi connectivity index (χ3v) is 16.6. The SMILES string of the molecule is C=C1C2C[C@@H]3O[C@H]4C[C@@H](C)[C@@H](CI)O[C@H]4[C@H](C)[C@H]3OC(=O)C[C@H]3CC[C@@H]4OC5C6OC78O[C@@H](C)O[C@H]7[C@](CC[C@H]7CC(=C)[C@H](CC[C@@H](C[C@H]1C)O2)O7)(O[C@H]6[C@H]4O3)O[C@@H]58. The van der Waals surface area contributed by atoms with Crippen LogP contribution >= 0.6 is 22.6 Å². The molecule has 12 heterocycles. The van der Waals surface area contributed by atoms with Crippen molar-refractivity contribution in [1.29, 1.82) is 0 Å². The summed E-state index contributed by atoms with van der Waals surface area (Å²) in [5, 5.41) is 0. The normalized spacial score (nSPS) is 57.5. The number of rotatable bonds is 1. The van der Waals surface area contributed by atoms with Gasteiger partial charge in [-0.1, -0.05) is 56.5 Å². The van der Waals surface area contributed by atoms with Crippen LogP contribution in [-0.2, 0) is 61.6 Å². The highest BCUT2D eigenvalue weighted by Gasteiger charge is 2.83. The smallest absolute Gasteiger partial charge is 0.308 e. The minimum atomic E-state index is -1.15. The van der Waals surface area contributed by atoms with Crippen LogP contribution in [-0.4, -0.2) is 132 Å². The highest BCUT2D eigenvalue weighted by atomic mass is 127. The van der Waals surface area contributed by atoms with Gasteiger partial charge in [-0.3, -0.25) is 4.79 Å². The van der Waals surface area contributed by atoms with E-state index >= 15 is 0 Å². The second-order valence-corrected chi connectivity index (χ2v) is 20.4. The third-order valence-electron chi connectivity index (χ3n) is 15.7. The summed E-state index contributed by atoms with van der Waals surface area (Å²) in [7, 11) is 0. The van der Waals surface area contributed by atoms with E-state index in [1.54, 1.807) is 0 Å². The van der Waals surface area contributed by atoms with Gasteiger partial charge in [-0.05, 0) is 81.3 Å². The number of alkyl halides is 1. The first-order valence-electron chi connectivity index (χ1n) is 22.3. The lowest BCUT2D eigenvalue weighted by Crippen LogP contribution is -2.63. The van der Waals surface area contributed by atoms with E-state index in [1.165, 1.54) is 0 Å². The first kappa shape index (κ1) is 40.0. The molecule has 12 aliphatic rings. The van der Waals surface area contributed by atoms with E-state index in [0.717, 1.165) is 47.7 Å². The number of carbonyl (C=O) groups excluding carboxylic acids is 1. The summed E-state index contributed by atoms with van der Waals surface area (Å²) >= 11 is 2.41. The largest absolute Gasteiger partial charge is 0.459 e. The van der Waals surface area contributed by atoms with Gasteiger partial charge < -0.3 is 56.8 Å². The minimum absolute atomic E-state index is 0.0316. The predicted molar refractivity (Wildman–Crippen MR) is 213 cm³/mol. The Labute approximate surface area is 355 Å². The van der Waals surface area contributed by atoms with Gasteiger partial charge in [0, 0.05) is 23.2 Å². The van der Waals surface area contributed by atoms with E-state index in [9.17, 15) is 4.79 Å². The number of fused-ring (bicyclic) bond motifs is 7. The van der Waals surface area contributed by atoms with Gasteiger partial charge in [0.1, 0.15) is 36.6 Å². The lowest BCUT2D eigenvalue weighted by atomic mass is 9.78. The summed E-state index contributed by atoms with van der Waals surface area (Å²) < 4.78 is 82.4. The van der Waals surface area contributed by atoms with Crippen LogP contribution in [0.5, 0.6) is 0 Å². The second-order valence-electron chi connectivity index (χ2n) is 19.5.